The topological polar surface area (TPSA) is 76.7 Å². The number of halogens is 1. The van der Waals surface area contributed by atoms with Crippen molar-refractivity contribution in [2.24, 2.45) is 0 Å². The van der Waals surface area contributed by atoms with Gasteiger partial charge in [-0.1, -0.05) is 24.6 Å². The Morgan fingerprint density at radius 1 is 1.04 bits per heavy atom. The fraction of sp³-hybridized carbons (Fsp3) is 0.222. The van der Waals surface area contributed by atoms with Gasteiger partial charge in [-0.15, -0.1) is 0 Å². The molecule has 0 atom stereocenters. The second-order valence-corrected chi connectivity index (χ2v) is 5.53. The summed E-state index contributed by atoms with van der Waals surface area (Å²) in [5.74, 6) is 0.355. The van der Waals surface area contributed by atoms with Gasteiger partial charge in [0, 0.05) is 29.8 Å². The van der Waals surface area contributed by atoms with Gasteiger partial charge in [0.15, 0.2) is 0 Å². The highest BCUT2D eigenvalue weighted by molar-refractivity contribution is 6.32. The summed E-state index contributed by atoms with van der Waals surface area (Å²) in [7, 11) is 2.97. The minimum atomic E-state index is -0.352. The number of amides is 2. The molecule has 0 aromatic heterocycles. The van der Waals surface area contributed by atoms with Crippen molar-refractivity contribution in [3.8, 4) is 11.5 Å². The summed E-state index contributed by atoms with van der Waals surface area (Å²) in [6.45, 7) is 1.76. The maximum absolute atomic E-state index is 12.5. The molecule has 2 aromatic rings. The zero-order chi connectivity index (χ0) is 18.4. The van der Waals surface area contributed by atoms with E-state index in [0.717, 1.165) is 0 Å². The highest BCUT2D eigenvalue weighted by Gasteiger charge is 2.14. The molecule has 0 saturated heterocycles. The van der Waals surface area contributed by atoms with Crippen LogP contribution in [0.3, 0.4) is 0 Å². The lowest BCUT2D eigenvalue weighted by molar-refractivity contribution is -0.115. The van der Waals surface area contributed by atoms with Crippen molar-refractivity contribution in [2.45, 2.75) is 13.3 Å². The molecule has 0 aliphatic carbocycles. The standard InChI is InChI=1S/C18H19ClN2O4/c1-4-17(22)20-12-7-5-6-11(8-12)18(23)21-14-10-15(24-2)13(19)9-16(14)25-3/h5-10H,4H2,1-3H3,(H,20,22)(H,21,23). The molecule has 2 amide bonds. The van der Waals surface area contributed by atoms with Gasteiger partial charge in [-0.05, 0) is 18.2 Å². The Bertz CT molecular complexity index is 793. The number of carbonyl (C=O) groups is 2. The van der Waals surface area contributed by atoms with E-state index < -0.39 is 0 Å². The van der Waals surface area contributed by atoms with Crippen molar-refractivity contribution in [2.75, 3.05) is 24.9 Å². The molecule has 0 heterocycles. The first-order valence-electron chi connectivity index (χ1n) is 7.61. The van der Waals surface area contributed by atoms with Crippen LogP contribution in [-0.4, -0.2) is 26.0 Å². The summed E-state index contributed by atoms with van der Waals surface area (Å²) >= 11 is 6.06. The third kappa shape index (κ3) is 4.64. The van der Waals surface area contributed by atoms with Gasteiger partial charge in [0.1, 0.15) is 11.5 Å². The van der Waals surface area contributed by atoms with Crippen LogP contribution in [0, 0.1) is 0 Å². The Morgan fingerprint density at radius 3 is 2.40 bits per heavy atom. The molecular weight excluding hydrogens is 344 g/mol. The number of carbonyl (C=O) groups excluding carboxylic acids is 2. The molecule has 0 aliphatic heterocycles. The van der Waals surface area contributed by atoms with E-state index >= 15 is 0 Å². The van der Waals surface area contributed by atoms with Crippen LogP contribution in [0.5, 0.6) is 11.5 Å². The largest absolute Gasteiger partial charge is 0.495 e. The Kier molecular flexibility index (Phi) is 6.25. The minimum Gasteiger partial charge on any atom is -0.495 e. The van der Waals surface area contributed by atoms with Crippen LogP contribution in [0.15, 0.2) is 36.4 Å². The van der Waals surface area contributed by atoms with Crippen LogP contribution in [0.1, 0.15) is 23.7 Å². The third-order valence-corrected chi connectivity index (χ3v) is 3.75. The van der Waals surface area contributed by atoms with Crippen molar-refractivity contribution in [3.63, 3.8) is 0 Å². The molecule has 0 spiro atoms. The van der Waals surface area contributed by atoms with Crippen LogP contribution in [0.2, 0.25) is 5.02 Å². The second kappa shape index (κ2) is 8.39. The van der Waals surface area contributed by atoms with Gasteiger partial charge in [0.05, 0.1) is 24.9 Å². The lowest BCUT2D eigenvalue weighted by Gasteiger charge is -2.13. The van der Waals surface area contributed by atoms with Crippen molar-refractivity contribution in [1.82, 2.24) is 0 Å². The molecule has 7 heteroatoms. The molecule has 0 bridgehead atoms. The predicted molar refractivity (Wildman–Crippen MR) is 97.9 cm³/mol. The van der Waals surface area contributed by atoms with Crippen LogP contribution in [-0.2, 0) is 4.79 Å². The van der Waals surface area contributed by atoms with Gasteiger partial charge in [-0.3, -0.25) is 9.59 Å². The van der Waals surface area contributed by atoms with E-state index in [2.05, 4.69) is 10.6 Å². The summed E-state index contributed by atoms with van der Waals surface area (Å²) in [6.07, 6.45) is 0.359. The zero-order valence-electron chi connectivity index (χ0n) is 14.2. The fourth-order valence-corrected chi connectivity index (χ4v) is 2.37. The smallest absolute Gasteiger partial charge is 0.255 e. The Hall–Kier alpha value is -2.73. The molecule has 0 aliphatic rings. The molecule has 0 radical (unpaired) electrons. The fourth-order valence-electron chi connectivity index (χ4n) is 2.14. The molecule has 2 rings (SSSR count). The van der Waals surface area contributed by atoms with E-state index in [9.17, 15) is 9.59 Å². The first kappa shape index (κ1) is 18.6. The maximum Gasteiger partial charge on any atom is 0.255 e. The monoisotopic (exact) mass is 362 g/mol. The average Bonchev–Trinajstić information content (AvgIpc) is 2.62. The number of benzene rings is 2. The first-order valence-corrected chi connectivity index (χ1v) is 7.99. The van der Waals surface area contributed by atoms with Crippen molar-refractivity contribution in [1.29, 1.82) is 0 Å². The Labute approximate surface area is 151 Å². The van der Waals surface area contributed by atoms with Crippen molar-refractivity contribution >= 4 is 34.8 Å². The predicted octanol–water partition coefficient (Wildman–Crippen LogP) is 3.96. The summed E-state index contributed by atoms with van der Waals surface area (Å²) in [5, 5.41) is 5.85. The molecule has 132 valence electrons. The van der Waals surface area contributed by atoms with E-state index in [-0.39, 0.29) is 11.8 Å². The Balaban J connectivity index is 2.25. The van der Waals surface area contributed by atoms with Crippen molar-refractivity contribution in [3.05, 3.63) is 47.0 Å². The van der Waals surface area contributed by atoms with Crippen LogP contribution in [0.4, 0.5) is 11.4 Å². The van der Waals surface area contributed by atoms with Crippen LogP contribution in [0.25, 0.3) is 0 Å². The van der Waals surface area contributed by atoms with Crippen molar-refractivity contribution < 1.29 is 19.1 Å². The number of nitrogens with one attached hydrogen (secondary N) is 2. The average molecular weight is 363 g/mol. The number of ether oxygens (including phenoxy) is 2. The van der Waals surface area contributed by atoms with Gasteiger partial charge in [-0.2, -0.15) is 0 Å². The molecule has 25 heavy (non-hydrogen) atoms. The number of methoxy groups -OCH3 is 2. The molecule has 2 aromatic carbocycles. The molecule has 0 saturated carbocycles. The van der Waals surface area contributed by atoms with E-state index in [0.29, 0.717) is 39.9 Å². The summed E-state index contributed by atoms with van der Waals surface area (Å²) < 4.78 is 10.4. The molecule has 6 nitrogen and oxygen atoms in total. The molecule has 0 fully saturated rings. The zero-order valence-corrected chi connectivity index (χ0v) is 14.9. The van der Waals surface area contributed by atoms with E-state index in [1.165, 1.54) is 14.2 Å². The van der Waals surface area contributed by atoms with E-state index in [4.69, 9.17) is 21.1 Å². The number of hydrogen-bond acceptors (Lipinski definition) is 4. The Morgan fingerprint density at radius 2 is 1.76 bits per heavy atom. The minimum absolute atomic E-state index is 0.123. The lowest BCUT2D eigenvalue weighted by Crippen LogP contribution is -2.14. The molecular formula is C18H19ClN2O4. The normalized spacial score (nSPS) is 10.1. The first-order chi connectivity index (χ1) is 12.0. The SMILES string of the molecule is CCC(=O)Nc1cccc(C(=O)Nc2cc(OC)c(Cl)cc2OC)c1. The summed E-state index contributed by atoms with van der Waals surface area (Å²) in [6, 6.07) is 9.81. The number of rotatable bonds is 6. The molecule has 0 unspecified atom stereocenters. The second-order valence-electron chi connectivity index (χ2n) is 5.12. The van der Waals surface area contributed by atoms with Gasteiger partial charge in [0.25, 0.3) is 5.91 Å². The van der Waals surface area contributed by atoms with E-state index in [1.54, 1.807) is 43.3 Å². The van der Waals surface area contributed by atoms with Gasteiger partial charge < -0.3 is 20.1 Å². The number of hydrogen-bond donors (Lipinski definition) is 2. The quantitative estimate of drug-likeness (QED) is 0.815. The van der Waals surface area contributed by atoms with E-state index in [1.807, 2.05) is 0 Å². The highest BCUT2D eigenvalue weighted by Crippen LogP contribution is 2.36. The highest BCUT2D eigenvalue weighted by atomic mass is 35.5. The number of anilines is 2. The molecule has 2 N–H and O–H groups in total. The van der Waals surface area contributed by atoms with Crippen LogP contribution >= 0.6 is 11.6 Å². The van der Waals surface area contributed by atoms with Gasteiger partial charge in [-0.25, -0.2) is 0 Å². The lowest BCUT2D eigenvalue weighted by atomic mass is 10.1. The van der Waals surface area contributed by atoms with Gasteiger partial charge in [0.2, 0.25) is 5.91 Å². The maximum atomic E-state index is 12.5. The summed E-state index contributed by atoms with van der Waals surface area (Å²) in [4.78, 5) is 24.0. The van der Waals surface area contributed by atoms with Gasteiger partial charge >= 0.3 is 0 Å². The summed E-state index contributed by atoms with van der Waals surface area (Å²) in [5.41, 5.74) is 1.38. The van der Waals surface area contributed by atoms with Crippen LogP contribution < -0.4 is 20.1 Å². The third-order valence-electron chi connectivity index (χ3n) is 3.45.